The van der Waals surface area contributed by atoms with Crippen molar-refractivity contribution in [1.82, 2.24) is 4.98 Å². The highest BCUT2D eigenvalue weighted by atomic mass is 32.1. The summed E-state index contributed by atoms with van der Waals surface area (Å²) in [5.41, 5.74) is 9.94. The Morgan fingerprint density at radius 3 is 2.53 bits per heavy atom. The first kappa shape index (κ1) is 12.8. The molecule has 2 N–H and O–H groups in total. The molecule has 1 aliphatic rings. The minimum atomic E-state index is 0.0942. The van der Waals surface area contributed by atoms with E-state index < -0.39 is 0 Å². The first-order valence-corrected chi connectivity index (χ1v) is 7.86. The van der Waals surface area contributed by atoms with Gasteiger partial charge in [-0.15, -0.1) is 11.3 Å². The summed E-state index contributed by atoms with van der Waals surface area (Å²) in [5.74, 6) is 0.668. The van der Waals surface area contributed by atoms with Gasteiger partial charge < -0.3 is 5.73 Å². The molecule has 0 spiro atoms. The lowest BCUT2D eigenvalue weighted by Gasteiger charge is -2.02. The Balaban J connectivity index is 1.97. The van der Waals surface area contributed by atoms with Crippen molar-refractivity contribution in [3.8, 4) is 10.6 Å². The quantitative estimate of drug-likeness (QED) is 0.902. The van der Waals surface area contributed by atoms with Gasteiger partial charge in [0.1, 0.15) is 5.01 Å². The fourth-order valence-corrected chi connectivity index (χ4v) is 3.43. The van der Waals surface area contributed by atoms with E-state index in [0.717, 1.165) is 11.4 Å². The molecule has 0 aliphatic heterocycles. The molecule has 1 heterocycles. The number of aryl methyl sites for hydroxylation is 1. The molecule has 2 aromatic rings. The zero-order valence-corrected chi connectivity index (χ0v) is 12.3. The van der Waals surface area contributed by atoms with Crippen LogP contribution in [0.25, 0.3) is 10.6 Å². The van der Waals surface area contributed by atoms with Crippen LogP contribution in [0.5, 0.6) is 0 Å². The minimum Gasteiger partial charge on any atom is -0.323 e. The van der Waals surface area contributed by atoms with Crippen LogP contribution >= 0.6 is 11.3 Å². The van der Waals surface area contributed by atoms with Gasteiger partial charge in [-0.05, 0) is 31.7 Å². The van der Waals surface area contributed by atoms with E-state index in [1.807, 2.05) is 0 Å². The highest BCUT2D eigenvalue weighted by Gasteiger charge is 2.30. The second kappa shape index (κ2) is 5.06. The molecule has 0 amide bonds. The number of nitrogens with zero attached hydrogens (tertiary/aromatic N) is 1. The van der Waals surface area contributed by atoms with E-state index >= 15 is 0 Å². The van der Waals surface area contributed by atoms with Crippen molar-refractivity contribution in [2.24, 2.45) is 5.73 Å². The van der Waals surface area contributed by atoms with Crippen molar-refractivity contribution in [3.05, 3.63) is 40.4 Å². The summed E-state index contributed by atoms with van der Waals surface area (Å²) in [6, 6.07) is 8.84. The lowest BCUT2D eigenvalue weighted by molar-refractivity contribution is 0.811. The minimum absolute atomic E-state index is 0.0942. The van der Waals surface area contributed by atoms with Crippen molar-refractivity contribution in [1.29, 1.82) is 0 Å². The molecule has 1 atom stereocenters. The highest BCUT2D eigenvalue weighted by molar-refractivity contribution is 7.15. The Morgan fingerprint density at radius 1 is 1.32 bits per heavy atom. The predicted octanol–water partition coefficient (Wildman–Crippen LogP) is 4.27. The molecule has 1 fully saturated rings. The smallest absolute Gasteiger partial charge is 0.123 e. The van der Waals surface area contributed by atoms with Crippen molar-refractivity contribution < 1.29 is 0 Å². The summed E-state index contributed by atoms with van der Waals surface area (Å²) in [4.78, 5) is 6.13. The summed E-state index contributed by atoms with van der Waals surface area (Å²) < 4.78 is 0. The third kappa shape index (κ3) is 2.58. The number of benzene rings is 1. The molecule has 3 heteroatoms. The molecule has 19 heavy (non-hydrogen) atoms. The highest BCUT2D eigenvalue weighted by Crippen LogP contribution is 2.45. The Hall–Kier alpha value is -1.19. The van der Waals surface area contributed by atoms with Gasteiger partial charge in [-0.2, -0.15) is 0 Å². The summed E-state index contributed by atoms with van der Waals surface area (Å²) >= 11 is 1.77. The van der Waals surface area contributed by atoms with Gasteiger partial charge in [0.2, 0.25) is 0 Å². The standard InChI is InChI=1S/C16H20N2S/c1-3-11-4-6-13(7-5-11)16-18-14(12-8-9-12)15(19-16)10(2)17/h4-7,10,12H,3,8-9,17H2,1-2H3. The maximum Gasteiger partial charge on any atom is 0.123 e. The van der Waals surface area contributed by atoms with Crippen LogP contribution in [0.3, 0.4) is 0 Å². The average molecular weight is 272 g/mol. The molecule has 1 saturated carbocycles. The van der Waals surface area contributed by atoms with Gasteiger partial charge in [0, 0.05) is 22.4 Å². The third-order valence-electron chi connectivity index (χ3n) is 3.67. The van der Waals surface area contributed by atoms with E-state index in [0.29, 0.717) is 5.92 Å². The summed E-state index contributed by atoms with van der Waals surface area (Å²) in [6.45, 7) is 4.24. The van der Waals surface area contributed by atoms with E-state index in [9.17, 15) is 0 Å². The van der Waals surface area contributed by atoms with Gasteiger partial charge in [-0.1, -0.05) is 31.2 Å². The molecule has 0 bridgehead atoms. The topological polar surface area (TPSA) is 38.9 Å². The van der Waals surface area contributed by atoms with Gasteiger partial charge in [-0.25, -0.2) is 4.98 Å². The van der Waals surface area contributed by atoms with E-state index in [1.165, 1.54) is 34.5 Å². The SMILES string of the molecule is CCc1ccc(-c2nc(C3CC3)c(C(C)N)s2)cc1. The fraction of sp³-hybridized carbons (Fsp3) is 0.438. The van der Waals surface area contributed by atoms with Crippen LogP contribution in [0.2, 0.25) is 0 Å². The van der Waals surface area contributed by atoms with Crippen LogP contribution in [0.1, 0.15) is 54.8 Å². The van der Waals surface area contributed by atoms with Gasteiger partial charge in [0.25, 0.3) is 0 Å². The molecule has 0 radical (unpaired) electrons. The number of aromatic nitrogens is 1. The van der Waals surface area contributed by atoms with Crippen molar-refractivity contribution in [2.45, 2.75) is 45.1 Å². The number of hydrogen-bond donors (Lipinski definition) is 1. The predicted molar refractivity (Wildman–Crippen MR) is 81.5 cm³/mol. The van der Waals surface area contributed by atoms with E-state index in [1.54, 1.807) is 11.3 Å². The molecule has 2 nitrogen and oxygen atoms in total. The van der Waals surface area contributed by atoms with E-state index in [-0.39, 0.29) is 6.04 Å². The molecule has 3 rings (SSSR count). The van der Waals surface area contributed by atoms with Gasteiger partial charge in [-0.3, -0.25) is 0 Å². The molecule has 100 valence electrons. The second-order valence-corrected chi connectivity index (χ2v) is 6.41. The van der Waals surface area contributed by atoms with Crippen LogP contribution in [-0.2, 0) is 6.42 Å². The Labute approximate surface area is 118 Å². The average Bonchev–Trinajstić information content (AvgIpc) is 3.17. The fourth-order valence-electron chi connectivity index (χ4n) is 2.33. The number of hydrogen-bond acceptors (Lipinski definition) is 3. The molecule has 1 aliphatic carbocycles. The molecule has 1 unspecified atom stereocenters. The van der Waals surface area contributed by atoms with Crippen LogP contribution in [0.15, 0.2) is 24.3 Å². The molecule has 1 aromatic carbocycles. The zero-order valence-electron chi connectivity index (χ0n) is 11.5. The zero-order chi connectivity index (χ0) is 13.4. The molecular formula is C16H20N2S. The second-order valence-electron chi connectivity index (χ2n) is 5.38. The lowest BCUT2D eigenvalue weighted by Crippen LogP contribution is -2.05. The summed E-state index contributed by atoms with van der Waals surface area (Å²) in [7, 11) is 0. The van der Waals surface area contributed by atoms with Gasteiger partial charge in [0.15, 0.2) is 0 Å². The van der Waals surface area contributed by atoms with Crippen LogP contribution in [0.4, 0.5) is 0 Å². The Morgan fingerprint density at radius 2 is 2.00 bits per heavy atom. The largest absolute Gasteiger partial charge is 0.323 e. The normalized spacial score (nSPS) is 16.6. The first-order valence-electron chi connectivity index (χ1n) is 7.04. The summed E-state index contributed by atoms with van der Waals surface area (Å²) in [5, 5.41) is 1.12. The van der Waals surface area contributed by atoms with Crippen molar-refractivity contribution in [2.75, 3.05) is 0 Å². The number of rotatable bonds is 4. The number of nitrogens with two attached hydrogens (primary N) is 1. The van der Waals surface area contributed by atoms with Crippen LogP contribution < -0.4 is 5.73 Å². The van der Waals surface area contributed by atoms with E-state index in [2.05, 4.69) is 38.1 Å². The molecule has 0 saturated heterocycles. The number of thiazole rings is 1. The molecule has 1 aromatic heterocycles. The third-order valence-corrected chi connectivity index (χ3v) is 4.99. The Kier molecular flexibility index (Phi) is 3.42. The first-order chi connectivity index (χ1) is 9.19. The molecular weight excluding hydrogens is 252 g/mol. The van der Waals surface area contributed by atoms with Crippen LogP contribution in [-0.4, -0.2) is 4.98 Å². The van der Waals surface area contributed by atoms with Gasteiger partial charge >= 0.3 is 0 Å². The van der Waals surface area contributed by atoms with Gasteiger partial charge in [0.05, 0.1) is 5.69 Å². The monoisotopic (exact) mass is 272 g/mol. The lowest BCUT2D eigenvalue weighted by atomic mass is 10.1. The van der Waals surface area contributed by atoms with E-state index in [4.69, 9.17) is 10.7 Å². The van der Waals surface area contributed by atoms with Crippen molar-refractivity contribution in [3.63, 3.8) is 0 Å². The van der Waals surface area contributed by atoms with Crippen LogP contribution in [0, 0.1) is 0 Å². The Bertz CT molecular complexity index is 545. The van der Waals surface area contributed by atoms with Crippen molar-refractivity contribution >= 4 is 11.3 Å². The summed E-state index contributed by atoms with van der Waals surface area (Å²) in [6.07, 6.45) is 3.63. The maximum atomic E-state index is 6.09. The maximum absolute atomic E-state index is 6.09.